The normalized spacial score (nSPS) is 8.69. The van der Waals surface area contributed by atoms with Gasteiger partial charge in [0.25, 0.3) is 0 Å². The molecule has 0 heterocycles. The Morgan fingerprint density at radius 3 is 2.31 bits per heavy atom. The van der Waals surface area contributed by atoms with Gasteiger partial charge in [0.2, 0.25) is 5.91 Å². The molecule has 0 aromatic heterocycles. The second-order valence-electron chi connectivity index (χ2n) is 2.69. The van der Waals surface area contributed by atoms with Gasteiger partial charge in [-0.15, -0.1) is 0 Å². The zero-order valence-electron chi connectivity index (χ0n) is 8.01. The van der Waals surface area contributed by atoms with Crippen LogP contribution in [0.5, 0.6) is 0 Å². The number of unbranched alkanes of at least 4 members (excludes halogenated alkanes) is 2. The third-order valence-corrected chi connectivity index (χ3v) is 1.44. The number of carbonyl (C=O) groups excluding carboxylic acids is 1. The van der Waals surface area contributed by atoms with Gasteiger partial charge in [0.1, 0.15) is 0 Å². The first kappa shape index (κ1) is 15.1. The maximum atomic E-state index is 10.4. The number of carboxylic acid groups (broad SMARTS) is 1. The van der Waals surface area contributed by atoms with Crippen LogP contribution in [0.2, 0.25) is 0 Å². The fraction of sp³-hybridized carbons (Fsp3) is 0.750. The van der Waals surface area contributed by atoms with E-state index in [0.29, 0.717) is 13.0 Å². The molecular weight excluding hydrogens is 223 g/mol. The SMILES string of the molecule is CC(=O)NCCCCCC(=O)O.[Zn]. The van der Waals surface area contributed by atoms with E-state index in [4.69, 9.17) is 5.11 Å². The van der Waals surface area contributed by atoms with Crippen molar-refractivity contribution in [3.05, 3.63) is 0 Å². The molecule has 0 atom stereocenters. The van der Waals surface area contributed by atoms with E-state index in [-0.39, 0.29) is 31.8 Å². The number of amides is 1. The molecule has 0 aromatic carbocycles. The maximum absolute atomic E-state index is 10.4. The van der Waals surface area contributed by atoms with Gasteiger partial charge in [0.15, 0.2) is 0 Å². The summed E-state index contributed by atoms with van der Waals surface area (Å²) >= 11 is 0. The molecule has 0 saturated carbocycles. The summed E-state index contributed by atoms with van der Waals surface area (Å²) in [5.41, 5.74) is 0. The summed E-state index contributed by atoms with van der Waals surface area (Å²) in [7, 11) is 0. The predicted octanol–water partition coefficient (Wildman–Crippen LogP) is 0.765. The van der Waals surface area contributed by atoms with Crippen molar-refractivity contribution in [1.82, 2.24) is 5.32 Å². The van der Waals surface area contributed by atoms with Crippen molar-refractivity contribution < 1.29 is 34.2 Å². The van der Waals surface area contributed by atoms with Crippen LogP contribution in [-0.4, -0.2) is 23.5 Å². The Labute approximate surface area is 90.8 Å². The summed E-state index contributed by atoms with van der Waals surface area (Å²) in [5.74, 6) is -0.789. The van der Waals surface area contributed by atoms with Crippen LogP contribution < -0.4 is 5.32 Å². The van der Waals surface area contributed by atoms with Gasteiger partial charge in [-0.25, -0.2) is 0 Å². The Morgan fingerprint density at radius 1 is 1.23 bits per heavy atom. The molecular formula is C8H15NO3Zn. The Morgan fingerprint density at radius 2 is 1.85 bits per heavy atom. The van der Waals surface area contributed by atoms with Gasteiger partial charge in [0, 0.05) is 39.4 Å². The maximum Gasteiger partial charge on any atom is 0.303 e. The number of carboxylic acids is 1. The van der Waals surface area contributed by atoms with E-state index in [2.05, 4.69) is 5.32 Å². The molecule has 0 radical (unpaired) electrons. The number of carbonyl (C=O) groups is 2. The van der Waals surface area contributed by atoms with Gasteiger partial charge in [-0.3, -0.25) is 9.59 Å². The minimum absolute atomic E-state index is 0. The topological polar surface area (TPSA) is 66.4 Å². The molecule has 72 valence electrons. The molecule has 5 heteroatoms. The molecule has 0 aromatic rings. The summed E-state index contributed by atoms with van der Waals surface area (Å²) in [5, 5.41) is 10.9. The third kappa shape index (κ3) is 14.4. The molecule has 0 rings (SSSR count). The van der Waals surface area contributed by atoms with Crippen LogP contribution in [-0.2, 0) is 29.1 Å². The van der Waals surface area contributed by atoms with E-state index >= 15 is 0 Å². The van der Waals surface area contributed by atoms with Crippen molar-refractivity contribution in [2.75, 3.05) is 6.54 Å². The Kier molecular flexibility index (Phi) is 11.2. The van der Waals surface area contributed by atoms with Crippen molar-refractivity contribution in [2.24, 2.45) is 0 Å². The zero-order chi connectivity index (χ0) is 9.40. The van der Waals surface area contributed by atoms with Gasteiger partial charge in [-0.1, -0.05) is 6.42 Å². The van der Waals surface area contributed by atoms with Crippen molar-refractivity contribution in [2.45, 2.75) is 32.6 Å². The number of rotatable bonds is 6. The molecule has 0 aliphatic carbocycles. The van der Waals surface area contributed by atoms with Gasteiger partial charge >= 0.3 is 5.97 Å². The minimum atomic E-state index is -0.755. The molecule has 0 unspecified atom stereocenters. The zero-order valence-corrected chi connectivity index (χ0v) is 11.0. The van der Waals surface area contributed by atoms with Crippen molar-refractivity contribution in [3.8, 4) is 0 Å². The van der Waals surface area contributed by atoms with E-state index < -0.39 is 5.97 Å². The van der Waals surface area contributed by atoms with Gasteiger partial charge in [-0.2, -0.15) is 0 Å². The average Bonchev–Trinajstić information content (AvgIpc) is 1.95. The smallest absolute Gasteiger partial charge is 0.303 e. The van der Waals surface area contributed by atoms with Crippen LogP contribution in [0.15, 0.2) is 0 Å². The molecule has 2 N–H and O–H groups in total. The Bertz CT molecular complexity index is 143. The standard InChI is InChI=1S/C8H15NO3.Zn/c1-7(10)9-6-4-2-3-5-8(11)12;/h2-6H2,1H3,(H,9,10)(H,11,12);. The number of aliphatic carboxylic acids is 1. The molecule has 0 spiro atoms. The van der Waals surface area contributed by atoms with Crippen LogP contribution in [0, 0.1) is 0 Å². The first-order valence-electron chi connectivity index (χ1n) is 4.09. The summed E-state index contributed by atoms with van der Waals surface area (Å²) in [6, 6.07) is 0. The first-order chi connectivity index (χ1) is 5.63. The molecule has 0 aliphatic heterocycles. The Balaban J connectivity index is 0. The fourth-order valence-electron chi connectivity index (χ4n) is 0.842. The van der Waals surface area contributed by atoms with Crippen LogP contribution in [0.3, 0.4) is 0 Å². The first-order valence-corrected chi connectivity index (χ1v) is 4.09. The number of hydrogen-bond acceptors (Lipinski definition) is 2. The van der Waals surface area contributed by atoms with E-state index in [0.717, 1.165) is 12.8 Å². The second kappa shape index (κ2) is 9.65. The third-order valence-electron chi connectivity index (χ3n) is 1.44. The van der Waals surface area contributed by atoms with Gasteiger partial charge in [-0.05, 0) is 12.8 Å². The summed E-state index contributed by atoms with van der Waals surface area (Å²) in [4.78, 5) is 20.4. The molecule has 0 aliphatic rings. The molecule has 0 bridgehead atoms. The largest absolute Gasteiger partial charge is 0.481 e. The molecule has 4 nitrogen and oxygen atoms in total. The van der Waals surface area contributed by atoms with E-state index in [1.165, 1.54) is 6.92 Å². The van der Waals surface area contributed by atoms with Crippen LogP contribution in [0.1, 0.15) is 32.6 Å². The molecule has 13 heavy (non-hydrogen) atoms. The quantitative estimate of drug-likeness (QED) is 0.530. The van der Waals surface area contributed by atoms with Crippen molar-refractivity contribution >= 4 is 11.9 Å². The van der Waals surface area contributed by atoms with Crippen LogP contribution >= 0.6 is 0 Å². The van der Waals surface area contributed by atoms with E-state index in [1.807, 2.05) is 0 Å². The van der Waals surface area contributed by atoms with Crippen LogP contribution in [0.25, 0.3) is 0 Å². The average molecular weight is 239 g/mol. The molecule has 0 saturated heterocycles. The fourth-order valence-corrected chi connectivity index (χ4v) is 0.842. The van der Waals surface area contributed by atoms with E-state index in [9.17, 15) is 9.59 Å². The number of nitrogens with one attached hydrogen (secondary N) is 1. The molecule has 1 amide bonds. The van der Waals surface area contributed by atoms with Gasteiger partial charge < -0.3 is 10.4 Å². The van der Waals surface area contributed by atoms with Crippen molar-refractivity contribution in [3.63, 3.8) is 0 Å². The van der Waals surface area contributed by atoms with Gasteiger partial charge in [0.05, 0.1) is 0 Å². The summed E-state index contributed by atoms with van der Waals surface area (Å²) in [6.45, 7) is 2.12. The second-order valence-corrected chi connectivity index (χ2v) is 2.69. The summed E-state index contributed by atoms with van der Waals surface area (Å²) < 4.78 is 0. The van der Waals surface area contributed by atoms with E-state index in [1.54, 1.807) is 0 Å². The number of hydrogen-bond donors (Lipinski definition) is 2. The monoisotopic (exact) mass is 237 g/mol. The van der Waals surface area contributed by atoms with Crippen molar-refractivity contribution in [1.29, 1.82) is 0 Å². The predicted molar refractivity (Wildman–Crippen MR) is 44.8 cm³/mol. The molecule has 0 fully saturated rings. The minimum Gasteiger partial charge on any atom is -0.481 e. The summed E-state index contributed by atoms with van der Waals surface area (Å²) in [6.07, 6.45) is 2.62. The Hall–Kier alpha value is -0.437. The van der Waals surface area contributed by atoms with Crippen LogP contribution in [0.4, 0.5) is 0 Å².